The molecule has 4 heteroatoms. The van der Waals surface area contributed by atoms with Crippen LogP contribution in [0.15, 0.2) is 47.5 Å². The summed E-state index contributed by atoms with van der Waals surface area (Å²) in [5.74, 6) is 1.43. The smallest absolute Gasteiger partial charge is 0.123 e. The molecule has 0 saturated carbocycles. The number of hydrogen-bond acceptors (Lipinski definition) is 3. The van der Waals surface area contributed by atoms with E-state index >= 15 is 0 Å². The molecule has 0 bridgehead atoms. The number of rotatable bonds is 3. The van der Waals surface area contributed by atoms with Gasteiger partial charge in [0, 0.05) is 21.9 Å². The van der Waals surface area contributed by atoms with Crippen molar-refractivity contribution in [1.29, 1.82) is 0 Å². The maximum atomic E-state index is 5.91. The highest BCUT2D eigenvalue weighted by Gasteiger charge is 1.98. The minimum absolute atomic E-state index is 0.559. The summed E-state index contributed by atoms with van der Waals surface area (Å²) in [6.07, 6.45) is 1.73. The molecule has 0 aliphatic rings. The summed E-state index contributed by atoms with van der Waals surface area (Å²) in [7, 11) is 0. The predicted octanol–water partition coefficient (Wildman–Crippen LogP) is 3.61. The van der Waals surface area contributed by atoms with Crippen molar-refractivity contribution in [2.75, 3.05) is 5.73 Å². The molecule has 0 spiro atoms. The molecule has 1 heterocycles. The number of aromatic nitrogens is 1. The molecule has 2 N–H and O–H groups in total. The molecule has 0 radical (unpaired) electrons. The number of nitrogens with zero attached hydrogens (tertiary/aromatic N) is 1. The number of nitrogen functional groups attached to an aromatic ring is 1. The summed E-state index contributed by atoms with van der Waals surface area (Å²) in [5, 5.41) is 0.763. The summed E-state index contributed by atoms with van der Waals surface area (Å²) in [4.78, 5) is 5.11. The van der Waals surface area contributed by atoms with E-state index in [9.17, 15) is 0 Å². The van der Waals surface area contributed by atoms with Gasteiger partial charge in [-0.2, -0.15) is 0 Å². The van der Waals surface area contributed by atoms with Gasteiger partial charge in [0.25, 0.3) is 0 Å². The summed E-state index contributed by atoms with van der Waals surface area (Å²) < 4.78 is 0. The quantitative estimate of drug-likeness (QED) is 0.846. The number of nitrogens with two attached hydrogens (primary N) is 1. The first-order valence-electron chi connectivity index (χ1n) is 4.83. The molecule has 0 fully saturated rings. The standard InChI is InChI=1S/C12H11ClN2S/c13-10-2-1-3-11(7-10)16-8-9-4-5-15-12(14)6-9/h1-7H,8H2,(H2,14,15). The van der Waals surface area contributed by atoms with E-state index in [0.717, 1.165) is 21.2 Å². The predicted molar refractivity (Wildman–Crippen MR) is 69.7 cm³/mol. The fraction of sp³-hybridized carbons (Fsp3) is 0.0833. The third-order valence-electron chi connectivity index (χ3n) is 2.05. The van der Waals surface area contributed by atoms with Crippen molar-refractivity contribution in [2.45, 2.75) is 10.6 Å². The number of thioether (sulfide) groups is 1. The van der Waals surface area contributed by atoms with Gasteiger partial charge in [0.15, 0.2) is 0 Å². The fourth-order valence-corrected chi connectivity index (χ4v) is 2.46. The second kappa shape index (κ2) is 5.23. The van der Waals surface area contributed by atoms with E-state index in [2.05, 4.69) is 4.98 Å². The summed E-state index contributed by atoms with van der Waals surface area (Å²) in [5.41, 5.74) is 6.77. The summed E-state index contributed by atoms with van der Waals surface area (Å²) >= 11 is 7.64. The molecular weight excluding hydrogens is 240 g/mol. The van der Waals surface area contributed by atoms with Crippen molar-refractivity contribution in [3.05, 3.63) is 53.2 Å². The van der Waals surface area contributed by atoms with Crippen molar-refractivity contribution in [1.82, 2.24) is 4.98 Å². The molecule has 82 valence electrons. The van der Waals surface area contributed by atoms with E-state index in [-0.39, 0.29) is 0 Å². The minimum atomic E-state index is 0.559. The van der Waals surface area contributed by atoms with Gasteiger partial charge in [-0.1, -0.05) is 17.7 Å². The fourth-order valence-electron chi connectivity index (χ4n) is 1.31. The van der Waals surface area contributed by atoms with Crippen LogP contribution in [0.4, 0.5) is 5.82 Å². The van der Waals surface area contributed by atoms with Crippen LogP contribution in [-0.2, 0) is 5.75 Å². The van der Waals surface area contributed by atoms with Gasteiger partial charge < -0.3 is 5.73 Å². The molecule has 1 aromatic carbocycles. The molecular formula is C12H11ClN2S. The Morgan fingerprint density at radius 3 is 2.88 bits per heavy atom. The number of anilines is 1. The topological polar surface area (TPSA) is 38.9 Å². The van der Waals surface area contributed by atoms with E-state index in [0.29, 0.717) is 5.82 Å². The zero-order valence-electron chi connectivity index (χ0n) is 8.56. The van der Waals surface area contributed by atoms with Crippen LogP contribution in [0.2, 0.25) is 5.02 Å². The lowest BCUT2D eigenvalue weighted by Crippen LogP contribution is -1.90. The Kier molecular flexibility index (Phi) is 3.70. The number of pyridine rings is 1. The molecule has 0 aliphatic carbocycles. The Balaban J connectivity index is 2.02. The lowest BCUT2D eigenvalue weighted by atomic mass is 10.3. The highest BCUT2D eigenvalue weighted by Crippen LogP contribution is 2.25. The van der Waals surface area contributed by atoms with Gasteiger partial charge in [-0.05, 0) is 35.9 Å². The second-order valence-electron chi connectivity index (χ2n) is 3.34. The summed E-state index contributed by atoms with van der Waals surface area (Å²) in [6, 6.07) is 11.7. The molecule has 2 rings (SSSR count). The van der Waals surface area contributed by atoms with E-state index in [1.807, 2.05) is 36.4 Å². The molecule has 0 aliphatic heterocycles. The van der Waals surface area contributed by atoms with E-state index in [1.54, 1.807) is 18.0 Å². The van der Waals surface area contributed by atoms with Gasteiger partial charge in [0.2, 0.25) is 0 Å². The molecule has 2 aromatic rings. The monoisotopic (exact) mass is 250 g/mol. The first kappa shape index (κ1) is 11.3. The van der Waals surface area contributed by atoms with Crippen molar-refractivity contribution in [3.63, 3.8) is 0 Å². The molecule has 2 nitrogen and oxygen atoms in total. The maximum absolute atomic E-state index is 5.91. The number of hydrogen-bond donors (Lipinski definition) is 1. The number of benzene rings is 1. The van der Waals surface area contributed by atoms with Crippen molar-refractivity contribution < 1.29 is 0 Å². The van der Waals surface area contributed by atoms with E-state index in [1.165, 1.54) is 0 Å². The molecule has 0 saturated heterocycles. The minimum Gasteiger partial charge on any atom is -0.384 e. The van der Waals surface area contributed by atoms with Crippen LogP contribution < -0.4 is 5.73 Å². The zero-order valence-corrected chi connectivity index (χ0v) is 10.1. The van der Waals surface area contributed by atoms with Crippen LogP contribution in [0.3, 0.4) is 0 Å². The van der Waals surface area contributed by atoms with Crippen molar-refractivity contribution in [3.8, 4) is 0 Å². The molecule has 16 heavy (non-hydrogen) atoms. The lowest BCUT2D eigenvalue weighted by molar-refractivity contribution is 1.28. The van der Waals surface area contributed by atoms with Gasteiger partial charge >= 0.3 is 0 Å². The molecule has 0 unspecified atom stereocenters. The first-order chi connectivity index (χ1) is 7.74. The molecule has 0 amide bonds. The Hall–Kier alpha value is -1.19. The molecule has 0 atom stereocenters. The van der Waals surface area contributed by atoms with E-state index in [4.69, 9.17) is 17.3 Å². The Labute approximate surface area is 104 Å². The highest BCUT2D eigenvalue weighted by molar-refractivity contribution is 7.98. The largest absolute Gasteiger partial charge is 0.384 e. The number of halogens is 1. The lowest BCUT2D eigenvalue weighted by Gasteiger charge is -2.03. The van der Waals surface area contributed by atoms with Gasteiger partial charge in [0.05, 0.1) is 0 Å². The average molecular weight is 251 g/mol. The SMILES string of the molecule is Nc1cc(CSc2cccc(Cl)c2)ccn1. The Bertz CT molecular complexity index is 442. The van der Waals surface area contributed by atoms with Gasteiger partial charge in [0.1, 0.15) is 5.82 Å². The van der Waals surface area contributed by atoms with E-state index < -0.39 is 0 Å². The summed E-state index contributed by atoms with van der Waals surface area (Å²) in [6.45, 7) is 0. The van der Waals surface area contributed by atoms with Gasteiger partial charge in [-0.25, -0.2) is 4.98 Å². The van der Waals surface area contributed by atoms with Crippen LogP contribution in [-0.4, -0.2) is 4.98 Å². The Morgan fingerprint density at radius 1 is 1.25 bits per heavy atom. The van der Waals surface area contributed by atoms with Crippen molar-refractivity contribution in [2.24, 2.45) is 0 Å². The Morgan fingerprint density at radius 2 is 2.12 bits per heavy atom. The normalized spacial score (nSPS) is 10.3. The van der Waals surface area contributed by atoms with Crippen molar-refractivity contribution >= 4 is 29.2 Å². The third-order valence-corrected chi connectivity index (χ3v) is 3.35. The van der Waals surface area contributed by atoms with Crippen LogP contribution in [0, 0.1) is 0 Å². The van der Waals surface area contributed by atoms with Crippen LogP contribution in [0.5, 0.6) is 0 Å². The maximum Gasteiger partial charge on any atom is 0.123 e. The van der Waals surface area contributed by atoms with Crippen LogP contribution >= 0.6 is 23.4 Å². The average Bonchev–Trinajstić information content (AvgIpc) is 2.27. The highest BCUT2D eigenvalue weighted by atomic mass is 35.5. The second-order valence-corrected chi connectivity index (χ2v) is 4.82. The van der Waals surface area contributed by atoms with Gasteiger partial charge in [-0.15, -0.1) is 11.8 Å². The van der Waals surface area contributed by atoms with Gasteiger partial charge in [-0.3, -0.25) is 0 Å². The third kappa shape index (κ3) is 3.15. The first-order valence-corrected chi connectivity index (χ1v) is 6.19. The molecule has 1 aromatic heterocycles. The van der Waals surface area contributed by atoms with Crippen LogP contribution in [0.25, 0.3) is 0 Å². The zero-order chi connectivity index (χ0) is 11.4. The van der Waals surface area contributed by atoms with Crippen LogP contribution in [0.1, 0.15) is 5.56 Å².